The average molecular weight is 297 g/mol. The van der Waals surface area contributed by atoms with E-state index >= 15 is 0 Å². The highest BCUT2D eigenvalue weighted by atomic mass is 16.6. The van der Waals surface area contributed by atoms with Crippen LogP contribution in [-0.4, -0.2) is 25.5 Å². The lowest BCUT2D eigenvalue weighted by Crippen LogP contribution is -2.24. The Hall–Kier alpha value is -2.80. The van der Waals surface area contributed by atoms with Gasteiger partial charge in [-0.3, -0.25) is 9.63 Å². The molecule has 0 aliphatic heterocycles. The van der Waals surface area contributed by atoms with Crippen molar-refractivity contribution in [2.45, 2.75) is 20.5 Å². The first-order chi connectivity index (χ1) is 10.6. The van der Waals surface area contributed by atoms with Crippen molar-refractivity contribution in [3.63, 3.8) is 0 Å². The van der Waals surface area contributed by atoms with Crippen LogP contribution in [0.3, 0.4) is 0 Å². The Morgan fingerprint density at radius 1 is 1.23 bits per heavy atom. The van der Waals surface area contributed by atoms with E-state index in [2.05, 4.69) is 20.5 Å². The quantitative estimate of drug-likeness (QED) is 0.740. The summed E-state index contributed by atoms with van der Waals surface area (Å²) >= 11 is 0. The number of carbonyl (C=O) groups excluding carboxylic acids is 1. The number of aromatic nitrogens is 4. The third kappa shape index (κ3) is 2.94. The maximum Gasteiger partial charge on any atom is 0.314 e. The van der Waals surface area contributed by atoms with Gasteiger partial charge in [0, 0.05) is 11.4 Å². The summed E-state index contributed by atoms with van der Waals surface area (Å²) in [5.74, 6) is -0.0848. The third-order valence-corrected chi connectivity index (χ3v) is 3.07. The van der Waals surface area contributed by atoms with Gasteiger partial charge in [-0.25, -0.2) is 15.0 Å². The van der Waals surface area contributed by atoms with Crippen LogP contribution in [0.5, 0.6) is 0 Å². The van der Waals surface area contributed by atoms with Crippen molar-refractivity contribution in [3.8, 4) is 0 Å². The number of amides is 1. The van der Waals surface area contributed by atoms with E-state index < -0.39 is 5.91 Å². The van der Waals surface area contributed by atoms with Crippen LogP contribution in [0.15, 0.2) is 36.4 Å². The number of aryl methyl sites for hydroxylation is 2. The predicted octanol–water partition coefficient (Wildman–Crippen LogP) is 1.60. The molecule has 0 saturated carbocycles. The molecule has 0 fully saturated rings. The molecule has 0 radical (unpaired) electrons. The van der Waals surface area contributed by atoms with Crippen molar-refractivity contribution in [2.75, 3.05) is 0 Å². The van der Waals surface area contributed by atoms with Crippen LogP contribution in [0.25, 0.3) is 5.78 Å². The standard InChI is InChI=1S/C15H15N5O2/c1-10-8-11(2)20-15(16-10)17-13(18-20)14(21)19-22-9-12-6-4-3-5-7-12/h3-8H,9H2,1-2H3,(H,19,21). The second-order valence-corrected chi connectivity index (χ2v) is 4.89. The fourth-order valence-corrected chi connectivity index (χ4v) is 2.07. The van der Waals surface area contributed by atoms with Crippen LogP contribution >= 0.6 is 0 Å². The van der Waals surface area contributed by atoms with Crippen LogP contribution in [0.4, 0.5) is 0 Å². The van der Waals surface area contributed by atoms with Gasteiger partial charge in [0.1, 0.15) is 0 Å². The largest absolute Gasteiger partial charge is 0.314 e. The molecule has 1 aromatic carbocycles. The maximum absolute atomic E-state index is 12.0. The molecule has 3 rings (SSSR count). The zero-order chi connectivity index (χ0) is 15.5. The highest BCUT2D eigenvalue weighted by Crippen LogP contribution is 2.05. The van der Waals surface area contributed by atoms with Crippen LogP contribution in [-0.2, 0) is 11.4 Å². The lowest BCUT2D eigenvalue weighted by molar-refractivity contribution is 0.0225. The minimum Gasteiger partial charge on any atom is -0.269 e. The van der Waals surface area contributed by atoms with E-state index in [4.69, 9.17) is 4.84 Å². The summed E-state index contributed by atoms with van der Waals surface area (Å²) in [7, 11) is 0. The number of benzene rings is 1. The molecule has 22 heavy (non-hydrogen) atoms. The van der Waals surface area contributed by atoms with E-state index in [1.165, 1.54) is 4.52 Å². The lowest BCUT2D eigenvalue weighted by Gasteiger charge is -2.03. The Balaban J connectivity index is 1.69. The third-order valence-electron chi connectivity index (χ3n) is 3.07. The SMILES string of the molecule is Cc1cc(C)n2nc(C(=O)NOCc3ccccc3)nc2n1. The van der Waals surface area contributed by atoms with E-state index in [0.29, 0.717) is 5.78 Å². The number of hydrogen-bond acceptors (Lipinski definition) is 5. The van der Waals surface area contributed by atoms with E-state index in [0.717, 1.165) is 17.0 Å². The molecule has 7 nitrogen and oxygen atoms in total. The van der Waals surface area contributed by atoms with Crippen molar-refractivity contribution < 1.29 is 9.63 Å². The van der Waals surface area contributed by atoms with Gasteiger partial charge in [-0.05, 0) is 25.5 Å². The van der Waals surface area contributed by atoms with Crippen molar-refractivity contribution in [1.82, 2.24) is 25.1 Å². The first-order valence-corrected chi connectivity index (χ1v) is 6.80. The molecule has 0 saturated heterocycles. The molecule has 0 bridgehead atoms. The van der Waals surface area contributed by atoms with E-state index in [9.17, 15) is 4.79 Å². The van der Waals surface area contributed by atoms with Gasteiger partial charge in [-0.1, -0.05) is 30.3 Å². The molecule has 0 aliphatic rings. The van der Waals surface area contributed by atoms with Gasteiger partial charge in [0.2, 0.25) is 5.82 Å². The first kappa shape index (κ1) is 14.2. The van der Waals surface area contributed by atoms with E-state index in [1.807, 2.05) is 50.2 Å². The second kappa shape index (κ2) is 5.90. The summed E-state index contributed by atoms with van der Waals surface area (Å²) < 4.78 is 1.53. The second-order valence-electron chi connectivity index (χ2n) is 4.89. The van der Waals surface area contributed by atoms with Crippen LogP contribution in [0.1, 0.15) is 27.6 Å². The van der Waals surface area contributed by atoms with Gasteiger partial charge in [-0.15, -0.1) is 5.10 Å². The molecule has 112 valence electrons. The smallest absolute Gasteiger partial charge is 0.269 e. The number of hydrogen-bond donors (Lipinski definition) is 1. The summed E-state index contributed by atoms with van der Waals surface area (Å²) in [5, 5.41) is 4.13. The van der Waals surface area contributed by atoms with Crippen LogP contribution in [0.2, 0.25) is 0 Å². The molecule has 2 heterocycles. The summed E-state index contributed by atoms with van der Waals surface area (Å²) in [5.41, 5.74) is 4.98. The number of nitrogens with one attached hydrogen (secondary N) is 1. The number of rotatable bonds is 4. The molecule has 1 amide bonds. The van der Waals surface area contributed by atoms with Crippen LogP contribution in [0, 0.1) is 13.8 Å². The van der Waals surface area contributed by atoms with Crippen molar-refractivity contribution in [2.24, 2.45) is 0 Å². The van der Waals surface area contributed by atoms with Crippen molar-refractivity contribution >= 4 is 11.7 Å². The zero-order valence-corrected chi connectivity index (χ0v) is 12.3. The predicted molar refractivity (Wildman–Crippen MR) is 79.0 cm³/mol. The minimum absolute atomic E-state index is 0.0225. The monoisotopic (exact) mass is 297 g/mol. The zero-order valence-electron chi connectivity index (χ0n) is 12.3. The summed E-state index contributed by atoms with van der Waals surface area (Å²) in [4.78, 5) is 25.5. The van der Waals surface area contributed by atoms with Crippen molar-refractivity contribution in [3.05, 3.63) is 59.2 Å². The summed E-state index contributed by atoms with van der Waals surface area (Å²) in [6, 6.07) is 11.4. The molecule has 2 aromatic heterocycles. The number of fused-ring (bicyclic) bond motifs is 1. The molecule has 0 spiro atoms. The Kier molecular flexibility index (Phi) is 3.80. The summed E-state index contributed by atoms with van der Waals surface area (Å²) in [6.07, 6.45) is 0. The Labute approximate surface area is 126 Å². The number of hydroxylamine groups is 1. The maximum atomic E-state index is 12.0. The van der Waals surface area contributed by atoms with Gasteiger partial charge in [0.25, 0.3) is 5.78 Å². The normalized spacial score (nSPS) is 10.8. The minimum atomic E-state index is -0.501. The molecule has 0 aliphatic carbocycles. The van der Waals surface area contributed by atoms with Crippen LogP contribution < -0.4 is 5.48 Å². The average Bonchev–Trinajstić information content (AvgIpc) is 2.92. The first-order valence-electron chi connectivity index (χ1n) is 6.80. The number of nitrogens with zero attached hydrogens (tertiary/aromatic N) is 4. The van der Waals surface area contributed by atoms with Crippen molar-refractivity contribution in [1.29, 1.82) is 0 Å². The van der Waals surface area contributed by atoms with E-state index in [1.54, 1.807) is 0 Å². The van der Waals surface area contributed by atoms with E-state index in [-0.39, 0.29) is 12.4 Å². The molecule has 7 heteroatoms. The van der Waals surface area contributed by atoms with Gasteiger partial charge in [-0.2, -0.15) is 4.98 Å². The van der Waals surface area contributed by atoms with Gasteiger partial charge < -0.3 is 0 Å². The Bertz CT molecular complexity index is 813. The number of carbonyl (C=O) groups is 1. The Morgan fingerprint density at radius 2 is 2.00 bits per heavy atom. The Morgan fingerprint density at radius 3 is 2.77 bits per heavy atom. The molecule has 0 unspecified atom stereocenters. The van der Waals surface area contributed by atoms with Gasteiger partial charge in [0.05, 0.1) is 6.61 Å². The molecule has 3 aromatic rings. The highest BCUT2D eigenvalue weighted by molar-refractivity contribution is 5.89. The molecule has 1 N–H and O–H groups in total. The summed E-state index contributed by atoms with van der Waals surface area (Å²) in [6.45, 7) is 4.02. The topological polar surface area (TPSA) is 81.4 Å². The molecular weight excluding hydrogens is 282 g/mol. The fraction of sp³-hybridized carbons (Fsp3) is 0.200. The molecular formula is C15H15N5O2. The lowest BCUT2D eigenvalue weighted by atomic mass is 10.2. The molecule has 0 atom stereocenters. The fourth-order valence-electron chi connectivity index (χ4n) is 2.07. The van der Waals surface area contributed by atoms with Gasteiger partial charge in [0.15, 0.2) is 0 Å². The highest BCUT2D eigenvalue weighted by Gasteiger charge is 2.15. The van der Waals surface area contributed by atoms with Gasteiger partial charge >= 0.3 is 5.91 Å².